The molecule has 1 amide bonds. The van der Waals surface area contributed by atoms with E-state index < -0.39 is 0 Å². The summed E-state index contributed by atoms with van der Waals surface area (Å²) in [5, 5.41) is 3.58. The number of benzene rings is 1. The monoisotopic (exact) mass is 367 g/mol. The second-order valence-electron chi connectivity index (χ2n) is 6.97. The fraction of sp³-hybridized carbons (Fsp3) is 0.350. The van der Waals surface area contributed by atoms with Crippen LogP contribution in [0.4, 0.5) is 0 Å². The van der Waals surface area contributed by atoms with Gasteiger partial charge in [0.1, 0.15) is 11.4 Å². The van der Waals surface area contributed by atoms with Crippen LogP contribution in [0.1, 0.15) is 29.3 Å². The summed E-state index contributed by atoms with van der Waals surface area (Å²) in [7, 11) is 0. The van der Waals surface area contributed by atoms with Gasteiger partial charge in [-0.3, -0.25) is 14.2 Å². The topological polar surface area (TPSA) is 64.0 Å². The highest BCUT2D eigenvalue weighted by Gasteiger charge is 2.23. The molecule has 0 bridgehead atoms. The molecule has 0 spiro atoms. The summed E-state index contributed by atoms with van der Waals surface area (Å²) >= 11 is 1.63. The van der Waals surface area contributed by atoms with Gasteiger partial charge in [0.05, 0.1) is 11.7 Å². The predicted octanol–water partition coefficient (Wildman–Crippen LogP) is 2.90. The number of carbonyl (C=O) groups is 1. The number of rotatable bonds is 4. The molecule has 134 valence electrons. The Balaban J connectivity index is 1.54. The lowest BCUT2D eigenvalue weighted by Gasteiger charge is -2.17. The van der Waals surface area contributed by atoms with Crippen molar-refractivity contribution in [3.05, 3.63) is 63.0 Å². The third-order valence-corrected chi connectivity index (χ3v) is 6.09. The smallest absolute Gasteiger partial charge is 0.262 e. The molecule has 0 saturated carbocycles. The zero-order valence-corrected chi connectivity index (χ0v) is 15.5. The third kappa shape index (κ3) is 3.29. The normalized spacial score (nSPS) is 16.4. The number of hydrogen-bond donors (Lipinski definition) is 1. The largest absolute Gasteiger partial charge is 0.350 e. The lowest BCUT2D eigenvalue weighted by atomic mass is 9.89. The zero-order valence-electron chi connectivity index (χ0n) is 14.7. The van der Waals surface area contributed by atoms with Crippen molar-refractivity contribution in [1.29, 1.82) is 0 Å². The van der Waals surface area contributed by atoms with Crippen LogP contribution in [0, 0.1) is 5.92 Å². The molecular weight excluding hydrogens is 346 g/mol. The first kappa shape index (κ1) is 17.0. The van der Waals surface area contributed by atoms with E-state index >= 15 is 0 Å². The van der Waals surface area contributed by atoms with Gasteiger partial charge in [0.25, 0.3) is 5.56 Å². The first-order chi connectivity index (χ1) is 12.6. The minimum atomic E-state index is -0.185. The molecule has 0 radical (unpaired) electrons. The van der Waals surface area contributed by atoms with Crippen LogP contribution in [-0.2, 0) is 30.7 Å². The van der Waals surface area contributed by atoms with E-state index in [1.807, 2.05) is 30.3 Å². The van der Waals surface area contributed by atoms with Crippen LogP contribution in [0.2, 0.25) is 0 Å². The molecular formula is C20H21N3O2S. The third-order valence-electron chi connectivity index (χ3n) is 4.93. The fourth-order valence-corrected chi connectivity index (χ4v) is 4.83. The van der Waals surface area contributed by atoms with Crippen molar-refractivity contribution in [2.45, 2.75) is 39.3 Å². The standard InChI is InChI=1S/C20H21N3O2S/c1-13-7-8-15-16(9-13)26-19-18(15)20(25)23(12-22-19)11-17(24)21-10-14-5-3-2-4-6-14/h2-6,12-13H,7-11H2,1H3,(H,21,24). The highest BCUT2D eigenvalue weighted by atomic mass is 32.1. The highest BCUT2D eigenvalue weighted by Crippen LogP contribution is 2.35. The number of hydrogen-bond acceptors (Lipinski definition) is 4. The summed E-state index contributed by atoms with van der Waals surface area (Å²) in [5.41, 5.74) is 2.08. The van der Waals surface area contributed by atoms with Gasteiger partial charge in [-0.2, -0.15) is 0 Å². The van der Waals surface area contributed by atoms with Gasteiger partial charge in [-0.05, 0) is 36.3 Å². The molecule has 0 saturated heterocycles. The van der Waals surface area contributed by atoms with Crippen molar-refractivity contribution in [3.63, 3.8) is 0 Å². The lowest BCUT2D eigenvalue weighted by molar-refractivity contribution is -0.121. The number of thiophene rings is 1. The second-order valence-corrected chi connectivity index (χ2v) is 8.06. The van der Waals surface area contributed by atoms with Gasteiger partial charge in [0.15, 0.2) is 0 Å². The summed E-state index contributed by atoms with van der Waals surface area (Å²) in [6, 6.07) is 9.72. The molecule has 2 aromatic heterocycles. The van der Waals surface area contributed by atoms with E-state index in [0.717, 1.165) is 40.6 Å². The van der Waals surface area contributed by atoms with Crippen molar-refractivity contribution >= 4 is 27.5 Å². The van der Waals surface area contributed by atoms with E-state index in [1.54, 1.807) is 11.3 Å². The maximum Gasteiger partial charge on any atom is 0.262 e. The Morgan fingerprint density at radius 3 is 2.96 bits per heavy atom. The maximum atomic E-state index is 12.9. The quantitative estimate of drug-likeness (QED) is 0.771. The van der Waals surface area contributed by atoms with Crippen LogP contribution in [0.3, 0.4) is 0 Å². The van der Waals surface area contributed by atoms with E-state index in [1.165, 1.54) is 15.8 Å². The molecule has 1 aromatic carbocycles. The van der Waals surface area contributed by atoms with Crippen LogP contribution < -0.4 is 10.9 Å². The Labute approximate surface area is 155 Å². The van der Waals surface area contributed by atoms with Crippen LogP contribution in [0.25, 0.3) is 10.2 Å². The van der Waals surface area contributed by atoms with Gasteiger partial charge in [-0.15, -0.1) is 11.3 Å². The number of aryl methyl sites for hydroxylation is 1. The molecule has 5 nitrogen and oxygen atoms in total. The molecule has 6 heteroatoms. The van der Waals surface area contributed by atoms with Gasteiger partial charge in [0, 0.05) is 11.4 Å². The van der Waals surface area contributed by atoms with Gasteiger partial charge in [-0.25, -0.2) is 4.98 Å². The summed E-state index contributed by atoms with van der Waals surface area (Å²) < 4.78 is 1.42. The molecule has 1 atom stereocenters. The number of nitrogens with zero attached hydrogens (tertiary/aromatic N) is 2. The average molecular weight is 367 g/mol. The fourth-order valence-electron chi connectivity index (χ4n) is 3.49. The van der Waals surface area contributed by atoms with Crippen molar-refractivity contribution < 1.29 is 4.79 Å². The maximum absolute atomic E-state index is 12.9. The van der Waals surface area contributed by atoms with Gasteiger partial charge >= 0.3 is 0 Å². The molecule has 1 aliphatic carbocycles. The Morgan fingerprint density at radius 2 is 2.15 bits per heavy atom. The van der Waals surface area contributed by atoms with Crippen molar-refractivity contribution in [1.82, 2.24) is 14.9 Å². The van der Waals surface area contributed by atoms with Crippen molar-refractivity contribution in [2.24, 2.45) is 5.92 Å². The second kappa shape index (κ2) is 7.03. The lowest BCUT2D eigenvalue weighted by Crippen LogP contribution is -2.32. The minimum Gasteiger partial charge on any atom is -0.350 e. The minimum absolute atomic E-state index is 0.00434. The van der Waals surface area contributed by atoms with Crippen LogP contribution in [-0.4, -0.2) is 15.5 Å². The SMILES string of the molecule is CC1CCc2c(sc3ncn(CC(=O)NCc4ccccc4)c(=O)c23)C1. The van der Waals surface area contributed by atoms with E-state index in [9.17, 15) is 9.59 Å². The zero-order chi connectivity index (χ0) is 18.1. The molecule has 1 unspecified atom stereocenters. The summed E-state index contributed by atoms with van der Waals surface area (Å²) in [6.45, 7) is 2.70. The van der Waals surface area contributed by atoms with E-state index in [4.69, 9.17) is 0 Å². The summed E-state index contributed by atoms with van der Waals surface area (Å²) in [6.07, 6.45) is 4.55. The molecule has 0 fully saturated rings. The van der Waals surface area contributed by atoms with E-state index in [-0.39, 0.29) is 18.0 Å². The van der Waals surface area contributed by atoms with Gasteiger partial charge in [0.2, 0.25) is 5.91 Å². The van der Waals surface area contributed by atoms with E-state index in [2.05, 4.69) is 17.2 Å². The Hall–Kier alpha value is -2.47. The first-order valence-corrected chi connectivity index (χ1v) is 9.74. The number of nitrogens with one attached hydrogen (secondary N) is 1. The summed E-state index contributed by atoms with van der Waals surface area (Å²) in [5.74, 6) is 0.469. The average Bonchev–Trinajstić information content (AvgIpc) is 3.01. The molecule has 1 aliphatic rings. The predicted molar refractivity (Wildman–Crippen MR) is 103 cm³/mol. The van der Waals surface area contributed by atoms with Crippen molar-refractivity contribution in [3.8, 4) is 0 Å². The molecule has 4 rings (SSSR count). The molecule has 2 heterocycles. The van der Waals surface area contributed by atoms with Gasteiger partial charge < -0.3 is 5.32 Å². The number of aromatic nitrogens is 2. The number of fused-ring (bicyclic) bond motifs is 3. The Kier molecular flexibility index (Phi) is 4.59. The Morgan fingerprint density at radius 1 is 1.35 bits per heavy atom. The van der Waals surface area contributed by atoms with Gasteiger partial charge in [-0.1, -0.05) is 37.3 Å². The molecule has 26 heavy (non-hydrogen) atoms. The highest BCUT2D eigenvalue weighted by molar-refractivity contribution is 7.18. The Bertz CT molecular complexity index is 1010. The van der Waals surface area contributed by atoms with Crippen LogP contribution in [0.15, 0.2) is 41.5 Å². The van der Waals surface area contributed by atoms with E-state index in [0.29, 0.717) is 12.5 Å². The number of amides is 1. The number of carbonyl (C=O) groups excluding carboxylic acids is 1. The van der Waals surface area contributed by atoms with Crippen LogP contribution >= 0.6 is 11.3 Å². The van der Waals surface area contributed by atoms with Crippen molar-refractivity contribution in [2.75, 3.05) is 0 Å². The molecule has 0 aliphatic heterocycles. The molecule has 1 N–H and O–H groups in total. The first-order valence-electron chi connectivity index (χ1n) is 8.92. The van der Waals surface area contributed by atoms with Crippen LogP contribution in [0.5, 0.6) is 0 Å². The molecule has 3 aromatic rings. The summed E-state index contributed by atoms with van der Waals surface area (Å²) in [4.78, 5) is 31.7.